The number of fused-ring (bicyclic) bond motifs is 2. The van der Waals surface area contributed by atoms with Crippen molar-refractivity contribution in [1.82, 2.24) is 10.2 Å². The van der Waals surface area contributed by atoms with Crippen LogP contribution in [0.5, 0.6) is 5.88 Å². The molecule has 3 heteroatoms. The third-order valence-corrected chi connectivity index (χ3v) is 3.43. The van der Waals surface area contributed by atoms with E-state index in [0.29, 0.717) is 6.10 Å². The molecule has 0 unspecified atom stereocenters. The molecule has 0 saturated heterocycles. The van der Waals surface area contributed by atoms with Crippen molar-refractivity contribution in [3.8, 4) is 5.88 Å². The molecule has 0 amide bonds. The van der Waals surface area contributed by atoms with Crippen molar-refractivity contribution < 1.29 is 4.74 Å². The van der Waals surface area contributed by atoms with Crippen LogP contribution in [0.15, 0.2) is 12.3 Å². The first-order chi connectivity index (χ1) is 6.42. The van der Waals surface area contributed by atoms with E-state index in [9.17, 15) is 0 Å². The molecule has 2 aliphatic carbocycles. The molecule has 1 aromatic heterocycles. The van der Waals surface area contributed by atoms with E-state index in [1.165, 1.54) is 25.7 Å². The summed E-state index contributed by atoms with van der Waals surface area (Å²) in [5.74, 6) is 2.59. The van der Waals surface area contributed by atoms with Crippen LogP contribution in [0.4, 0.5) is 0 Å². The van der Waals surface area contributed by atoms with Crippen LogP contribution in [-0.4, -0.2) is 16.3 Å². The standard InChI is InChI=1S/C10H14N2O/c1-2-8-5-7(1)6-9(8)13-10-3-4-11-12-10/h3-4,7-9H,1-2,5-6H2,(H,11,12)/t7-,8-,9+/m1/s1. The van der Waals surface area contributed by atoms with Crippen LogP contribution in [0.3, 0.4) is 0 Å². The molecule has 0 aromatic carbocycles. The number of aromatic nitrogens is 2. The van der Waals surface area contributed by atoms with E-state index in [-0.39, 0.29) is 0 Å². The van der Waals surface area contributed by atoms with Crippen LogP contribution in [0, 0.1) is 11.8 Å². The number of hydrogen-bond donors (Lipinski definition) is 1. The van der Waals surface area contributed by atoms with Gasteiger partial charge in [0.1, 0.15) is 6.10 Å². The van der Waals surface area contributed by atoms with Crippen LogP contribution in [0.2, 0.25) is 0 Å². The van der Waals surface area contributed by atoms with Crippen LogP contribution in [0.1, 0.15) is 25.7 Å². The highest BCUT2D eigenvalue weighted by molar-refractivity contribution is 5.06. The summed E-state index contributed by atoms with van der Waals surface area (Å²) in [7, 11) is 0. The molecule has 3 atom stereocenters. The van der Waals surface area contributed by atoms with E-state index in [4.69, 9.17) is 4.74 Å². The van der Waals surface area contributed by atoms with Gasteiger partial charge >= 0.3 is 0 Å². The zero-order chi connectivity index (χ0) is 8.67. The van der Waals surface area contributed by atoms with Gasteiger partial charge in [-0.25, -0.2) is 5.10 Å². The van der Waals surface area contributed by atoms with Crippen molar-refractivity contribution in [2.45, 2.75) is 31.8 Å². The lowest BCUT2D eigenvalue weighted by atomic mass is 9.98. The normalized spacial score (nSPS) is 36.8. The van der Waals surface area contributed by atoms with E-state index in [1.807, 2.05) is 6.07 Å². The average molecular weight is 178 g/mol. The molecule has 2 bridgehead atoms. The quantitative estimate of drug-likeness (QED) is 0.752. The van der Waals surface area contributed by atoms with Gasteiger partial charge in [0.15, 0.2) is 0 Å². The van der Waals surface area contributed by atoms with Gasteiger partial charge in [-0.3, -0.25) is 0 Å². The average Bonchev–Trinajstić information content (AvgIpc) is 2.77. The van der Waals surface area contributed by atoms with E-state index < -0.39 is 0 Å². The molecule has 0 radical (unpaired) electrons. The van der Waals surface area contributed by atoms with Crippen LogP contribution < -0.4 is 4.74 Å². The Hall–Kier alpha value is -0.990. The van der Waals surface area contributed by atoms with Crippen molar-refractivity contribution in [3.05, 3.63) is 12.3 Å². The zero-order valence-electron chi connectivity index (χ0n) is 7.57. The fourth-order valence-electron chi connectivity index (χ4n) is 2.80. The van der Waals surface area contributed by atoms with Crippen molar-refractivity contribution in [3.63, 3.8) is 0 Å². The lowest BCUT2D eigenvalue weighted by molar-refractivity contribution is 0.132. The molecule has 2 saturated carbocycles. The van der Waals surface area contributed by atoms with Gasteiger partial charge in [0, 0.05) is 6.07 Å². The highest BCUT2D eigenvalue weighted by Crippen LogP contribution is 2.45. The first-order valence-electron chi connectivity index (χ1n) is 5.08. The highest BCUT2D eigenvalue weighted by Gasteiger charge is 2.41. The van der Waals surface area contributed by atoms with Gasteiger partial charge in [0.05, 0.1) is 6.20 Å². The van der Waals surface area contributed by atoms with Gasteiger partial charge in [-0.05, 0) is 37.5 Å². The minimum atomic E-state index is 0.458. The second-order valence-corrected chi connectivity index (χ2v) is 4.25. The van der Waals surface area contributed by atoms with Crippen molar-refractivity contribution in [2.75, 3.05) is 0 Å². The summed E-state index contributed by atoms with van der Waals surface area (Å²) in [5.41, 5.74) is 0. The lowest BCUT2D eigenvalue weighted by Crippen LogP contribution is -2.23. The molecule has 13 heavy (non-hydrogen) atoms. The number of hydrogen-bond acceptors (Lipinski definition) is 2. The summed E-state index contributed by atoms with van der Waals surface area (Å²) in [4.78, 5) is 0. The fourth-order valence-corrected chi connectivity index (χ4v) is 2.80. The van der Waals surface area contributed by atoms with Gasteiger partial charge in [-0.15, -0.1) is 0 Å². The number of nitrogens with zero attached hydrogens (tertiary/aromatic N) is 1. The fraction of sp³-hybridized carbons (Fsp3) is 0.700. The molecular weight excluding hydrogens is 164 g/mol. The Morgan fingerprint density at radius 2 is 2.38 bits per heavy atom. The molecular formula is C10H14N2O. The molecule has 2 aliphatic rings. The third-order valence-electron chi connectivity index (χ3n) is 3.43. The van der Waals surface area contributed by atoms with Gasteiger partial charge in [-0.1, -0.05) is 0 Å². The minimum absolute atomic E-state index is 0.458. The monoisotopic (exact) mass is 178 g/mol. The Bertz CT molecular complexity index is 283. The molecule has 0 spiro atoms. The predicted octanol–water partition coefficient (Wildman–Crippen LogP) is 1.98. The largest absolute Gasteiger partial charge is 0.474 e. The number of aromatic amines is 1. The Morgan fingerprint density at radius 3 is 3.00 bits per heavy atom. The number of H-pyrrole nitrogens is 1. The van der Waals surface area contributed by atoms with Gasteiger partial charge in [0.25, 0.3) is 0 Å². The van der Waals surface area contributed by atoms with E-state index in [1.54, 1.807) is 6.20 Å². The summed E-state index contributed by atoms with van der Waals surface area (Å²) in [6, 6.07) is 1.89. The molecule has 1 heterocycles. The van der Waals surface area contributed by atoms with E-state index in [0.717, 1.165) is 17.7 Å². The summed E-state index contributed by atoms with van der Waals surface area (Å²) in [6.45, 7) is 0. The summed E-state index contributed by atoms with van der Waals surface area (Å²) < 4.78 is 5.83. The lowest BCUT2D eigenvalue weighted by Gasteiger charge is -2.21. The van der Waals surface area contributed by atoms with Crippen LogP contribution in [-0.2, 0) is 0 Å². The van der Waals surface area contributed by atoms with Gasteiger partial charge in [-0.2, -0.15) is 5.10 Å². The molecule has 1 N–H and O–H groups in total. The van der Waals surface area contributed by atoms with Crippen LogP contribution in [0.25, 0.3) is 0 Å². The molecule has 3 rings (SSSR count). The van der Waals surface area contributed by atoms with Gasteiger partial charge in [0.2, 0.25) is 5.88 Å². The topological polar surface area (TPSA) is 37.9 Å². The second kappa shape index (κ2) is 2.76. The first kappa shape index (κ1) is 7.42. The van der Waals surface area contributed by atoms with Crippen LogP contribution >= 0.6 is 0 Å². The predicted molar refractivity (Wildman–Crippen MR) is 48.5 cm³/mol. The number of rotatable bonds is 2. The van der Waals surface area contributed by atoms with E-state index >= 15 is 0 Å². The molecule has 70 valence electrons. The Kier molecular flexibility index (Phi) is 1.57. The van der Waals surface area contributed by atoms with E-state index in [2.05, 4.69) is 10.2 Å². The minimum Gasteiger partial charge on any atom is -0.474 e. The third kappa shape index (κ3) is 1.23. The van der Waals surface area contributed by atoms with Crippen molar-refractivity contribution in [2.24, 2.45) is 11.8 Å². The van der Waals surface area contributed by atoms with Crippen molar-refractivity contribution >= 4 is 0 Å². The molecule has 2 fully saturated rings. The Morgan fingerprint density at radius 1 is 1.38 bits per heavy atom. The SMILES string of the molecule is c1cc(O[C@H]2C[C@@H]3CC[C@@H]2C3)[nH]n1. The maximum absolute atomic E-state index is 5.83. The second-order valence-electron chi connectivity index (χ2n) is 4.25. The molecule has 1 aromatic rings. The zero-order valence-corrected chi connectivity index (χ0v) is 7.57. The summed E-state index contributed by atoms with van der Waals surface area (Å²) >= 11 is 0. The highest BCUT2D eigenvalue weighted by atomic mass is 16.5. The molecule has 3 nitrogen and oxygen atoms in total. The molecule has 0 aliphatic heterocycles. The maximum Gasteiger partial charge on any atom is 0.209 e. The Balaban J connectivity index is 1.68. The number of nitrogens with one attached hydrogen (secondary N) is 1. The number of ether oxygens (including phenoxy) is 1. The summed E-state index contributed by atoms with van der Waals surface area (Å²) in [5, 5.41) is 6.73. The smallest absolute Gasteiger partial charge is 0.209 e. The maximum atomic E-state index is 5.83. The Labute approximate surface area is 77.5 Å². The summed E-state index contributed by atoms with van der Waals surface area (Å²) in [6.07, 6.45) is 7.63. The van der Waals surface area contributed by atoms with Crippen molar-refractivity contribution in [1.29, 1.82) is 0 Å². The van der Waals surface area contributed by atoms with Gasteiger partial charge < -0.3 is 4.74 Å². The first-order valence-corrected chi connectivity index (χ1v) is 5.08.